The van der Waals surface area contributed by atoms with Crippen molar-refractivity contribution < 1.29 is 9.53 Å². The molecule has 0 spiro atoms. The van der Waals surface area contributed by atoms with Gasteiger partial charge in [-0.05, 0) is 23.8 Å². The van der Waals surface area contributed by atoms with Gasteiger partial charge in [0.05, 0.1) is 0 Å². The zero-order valence-corrected chi connectivity index (χ0v) is 13.3. The zero-order chi connectivity index (χ0) is 16.6. The number of carbonyl (C=O) groups excluding carboxylic acids is 1. The van der Waals surface area contributed by atoms with Gasteiger partial charge >= 0.3 is 0 Å². The van der Waals surface area contributed by atoms with Crippen molar-refractivity contribution in [1.29, 1.82) is 0 Å². The number of para-hydroxylation sites is 1. The van der Waals surface area contributed by atoms with Crippen LogP contribution in [0.25, 0.3) is 6.08 Å². The number of carbonyl (C=O) groups is 1. The van der Waals surface area contributed by atoms with E-state index in [0.717, 1.165) is 16.9 Å². The largest absolute Gasteiger partial charge is 0.488 e. The van der Waals surface area contributed by atoms with Gasteiger partial charge in [0.2, 0.25) is 0 Å². The van der Waals surface area contributed by atoms with Crippen molar-refractivity contribution in [2.24, 2.45) is 0 Å². The Morgan fingerprint density at radius 1 is 0.792 bits per heavy atom. The van der Waals surface area contributed by atoms with Crippen molar-refractivity contribution in [1.82, 2.24) is 0 Å². The summed E-state index contributed by atoms with van der Waals surface area (Å²) in [4.78, 5) is 12.2. The molecule has 0 radical (unpaired) electrons. The van der Waals surface area contributed by atoms with Gasteiger partial charge in [0.25, 0.3) is 0 Å². The van der Waals surface area contributed by atoms with Gasteiger partial charge < -0.3 is 4.74 Å². The molecule has 0 aliphatic heterocycles. The van der Waals surface area contributed by atoms with Gasteiger partial charge in [-0.1, -0.05) is 78.9 Å². The Hall–Kier alpha value is -3.13. The molecule has 0 amide bonds. The zero-order valence-electron chi connectivity index (χ0n) is 13.3. The van der Waals surface area contributed by atoms with Crippen molar-refractivity contribution in [3.8, 4) is 5.75 Å². The van der Waals surface area contributed by atoms with Crippen molar-refractivity contribution >= 4 is 11.9 Å². The SMILES string of the molecule is O=C(/C=C\c1ccccc1OCc1ccccc1)c1ccccc1. The van der Waals surface area contributed by atoms with E-state index in [0.29, 0.717) is 12.2 Å². The lowest BCUT2D eigenvalue weighted by molar-refractivity contribution is 0.104. The van der Waals surface area contributed by atoms with E-state index < -0.39 is 0 Å². The second-order valence-corrected chi connectivity index (χ2v) is 5.38. The highest BCUT2D eigenvalue weighted by molar-refractivity contribution is 6.06. The highest BCUT2D eigenvalue weighted by Crippen LogP contribution is 2.21. The summed E-state index contributed by atoms with van der Waals surface area (Å²) >= 11 is 0. The fraction of sp³-hybridized carbons (Fsp3) is 0.0455. The van der Waals surface area contributed by atoms with E-state index in [9.17, 15) is 4.79 Å². The van der Waals surface area contributed by atoms with Crippen molar-refractivity contribution in [2.45, 2.75) is 6.61 Å². The van der Waals surface area contributed by atoms with Crippen LogP contribution < -0.4 is 4.74 Å². The van der Waals surface area contributed by atoms with Crippen molar-refractivity contribution in [2.75, 3.05) is 0 Å². The Balaban J connectivity index is 1.72. The van der Waals surface area contributed by atoms with E-state index in [1.807, 2.05) is 84.9 Å². The van der Waals surface area contributed by atoms with Crippen LogP contribution in [0.2, 0.25) is 0 Å². The van der Waals surface area contributed by atoms with E-state index >= 15 is 0 Å². The maximum Gasteiger partial charge on any atom is 0.185 e. The lowest BCUT2D eigenvalue weighted by Gasteiger charge is -2.09. The summed E-state index contributed by atoms with van der Waals surface area (Å²) in [5.74, 6) is 0.743. The summed E-state index contributed by atoms with van der Waals surface area (Å²) in [6.45, 7) is 0.498. The third kappa shape index (κ3) is 4.20. The average Bonchev–Trinajstić information content (AvgIpc) is 2.66. The van der Waals surface area contributed by atoms with Crippen LogP contribution in [0.15, 0.2) is 91.0 Å². The number of ether oxygens (including phenoxy) is 1. The van der Waals surface area contributed by atoms with Gasteiger partial charge in [-0.15, -0.1) is 0 Å². The van der Waals surface area contributed by atoms with Gasteiger partial charge in [-0.3, -0.25) is 4.79 Å². The monoisotopic (exact) mass is 314 g/mol. The average molecular weight is 314 g/mol. The van der Waals surface area contributed by atoms with Crippen LogP contribution in [-0.4, -0.2) is 5.78 Å². The first-order valence-corrected chi connectivity index (χ1v) is 7.86. The predicted molar refractivity (Wildman–Crippen MR) is 97.0 cm³/mol. The summed E-state index contributed by atoms with van der Waals surface area (Å²) in [6, 6.07) is 27.0. The lowest BCUT2D eigenvalue weighted by atomic mass is 10.1. The molecule has 0 bridgehead atoms. The normalized spacial score (nSPS) is 10.7. The fourth-order valence-electron chi connectivity index (χ4n) is 2.35. The van der Waals surface area contributed by atoms with Gasteiger partial charge in [0.15, 0.2) is 5.78 Å². The first kappa shape index (κ1) is 15.8. The molecule has 0 fully saturated rings. The van der Waals surface area contributed by atoms with Crippen LogP contribution in [-0.2, 0) is 6.61 Å². The van der Waals surface area contributed by atoms with Gasteiger partial charge in [0.1, 0.15) is 12.4 Å². The van der Waals surface area contributed by atoms with E-state index in [1.165, 1.54) is 0 Å². The minimum absolute atomic E-state index is 0.0199. The Labute approximate surface area is 142 Å². The highest BCUT2D eigenvalue weighted by atomic mass is 16.5. The second-order valence-electron chi connectivity index (χ2n) is 5.38. The van der Waals surface area contributed by atoms with E-state index in [4.69, 9.17) is 4.74 Å². The standard InChI is InChI=1S/C22H18O2/c23-21(19-11-5-2-6-12-19)16-15-20-13-7-8-14-22(20)24-17-18-9-3-1-4-10-18/h1-16H,17H2/b16-15-. The molecule has 118 valence electrons. The second kappa shape index (κ2) is 7.93. The molecule has 24 heavy (non-hydrogen) atoms. The number of hydrogen-bond donors (Lipinski definition) is 0. The molecule has 0 aliphatic carbocycles. The van der Waals surface area contributed by atoms with Crippen LogP contribution in [0, 0.1) is 0 Å². The molecule has 0 unspecified atom stereocenters. The third-order valence-corrected chi connectivity index (χ3v) is 3.63. The summed E-state index contributed by atoms with van der Waals surface area (Å²) in [6.07, 6.45) is 3.38. The van der Waals surface area contributed by atoms with Crippen LogP contribution in [0.5, 0.6) is 5.75 Å². The Bertz CT molecular complexity index is 821. The molecule has 0 saturated heterocycles. The quantitative estimate of drug-likeness (QED) is 0.464. The molecule has 2 heteroatoms. The third-order valence-electron chi connectivity index (χ3n) is 3.63. The molecular formula is C22H18O2. The molecule has 3 aromatic carbocycles. The smallest absolute Gasteiger partial charge is 0.185 e. The molecule has 3 rings (SSSR count). The molecule has 0 atom stereocenters. The number of benzene rings is 3. The Morgan fingerprint density at radius 3 is 2.17 bits per heavy atom. The molecule has 0 aliphatic rings. The van der Waals surface area contributed by atoms with E-state index in [-0.39, 0.29) is 5.78 Å². The van der Waals surface area contributed by atoms with Crippen molar-refractivity contribution in [3.05, 3.63) is 108 Å². The van der Waals surface area contributed by atoms with Gasteiger partial charge in [-0.25, -0.2) is 0 Å². The van der Waals surface area contributed by atoms with Gasteiger partial charge in [0, 0.05) is 11.1 Å². The van der Waals surface area contributed by atoms with Gasteiger partial charge in [-0.2, -0.15) is 0 Å². The van der Waals surface area contributed by atoms with E-state index in [2.05, 4.69) is 0 Å². The Morgan fingerprint density at radius 2 is 1.42 bits per heavy atom. The predicted octanol–water partition coefficient (Wildman–Crippen LogP) is 5.16. The van der Waals surface area contributed by atoms with E-state index in [1.54, 1.807) is 12.2 Å². The van der Waals surface area contributed by atoms with Crippen LogP contribution in [0.4, 0.5) is 0 Å². The molecule has 0 aromatic heterocycles. The highest BCUT2D eigenvalue weighted by Gasteiger charge is 2.03. The van der Waals surface area contributed by atoms with Crippen LogP contribution in [0.1, 0.15) is 21.5 Å². The maximum atomic E-state index is 12.2. The minimum atomic E-state index is -0.0199. The summed E-state index contributed by atoms with van der Waals surface area (Å²) in [5.41, 5.74) is 2.67. The molecule has 0 heterocycles. The molecule has 2 nitrogen and oxygen atoms in total. The first-order valence-electron chi connectivity index (χ1n) is 7.86. The summed E-state index contributed by atoms with van der Waals surface area (Å²) < 4.78 is 5.90. The molecule has 3 aromatic rings. The topological polar surface area (TPSA) is 26.3 Å². The minimum Gasteiger partial charge on any atom is -0.488 e. The lowest BCUT2D eigenvalue weighted by Crippen LogP contribution is -1.97. The number of rotatable bonds is 6. The summed E-state index contributed by atoms with van der Waals surface area (Å²) in [5, 5.41) is 0. The maximum absolute atomic E-state index is 12.2. The van der Waals surface area contributed by atoms with Crippen LogP contribution >= 0.6 is 0 Å². The first-order chi connectivity index (χ1) is 11.8. The molecular weight excluding hydrogens is 296 g/mol. The molecule has 0 N–H and O–H groups in total. The molecule has 0 saturated carbocycles. The number of ketones is 1. The van der Waals surface area contributed by atoms with Crippen LogP contribution in [0.3, 0.4) is 0 Å². The fourth-order valence-corrected chi connectivity index (χ4v) is 2.35. The Kier molecular flexibility index (Phi) is 5.21. The van der Waals surface area contributed by atoms with Crippen molar-refractivity contribution in [3.63, 3.8) is 0 Å². The number of allylic oxidation sites excluding steroid dienone is 1. The summed E-state index contributed by atoms with van der Waals surface area (Å²) in [7, 11) is 0. The number of hydrogen-bond acceptors (Lipinski definition) is 2.